The van der Waals surface area contributed by atoms with Crippen LogP contribution in [0.3, 0.4) is 0 Å². The molecule has 3 aromatic carbocycles. The first-order valence-electron chi connectivity index (χ1n) is 14.4. The van der Waals surface area contributed by atoms with Gasteiger partial charge in [0.05, 0.1) is 5.69 Å². The molecule has 0 aliphatic carbocycles. The van der Waals surface area contributed by atoms with Crippen molar-refractivity contribution in [1.82, 2.24) is 24.3 Å². The number of nitrogens with one attached hydrogen (secondary N) is 2. The second-order valence-corrected chi connectivity index (χ2v) is 12.6. The van der Waals surface area contributed by atoms with Gasteiger partial charge in [0.2, 0.25) is 0 Å². The van der Waals surface area contributed by atoms with Crippen LogP contribution in [0.4, 0.5) is 26.0 Å². The normalized spacial score (nSPS) is 14.6. The van der Waals surface area contributed by atoms with Crippen LogP contribution < -0.4 is 10.0 Å². The molecule has 3 heterocycles. The molecule has 0 unspecified atom stereocenters. The zero-order valence-corrected chi connectivity index (χ0v) is 25.1. The lowest BCUT2D eigenvalue weighted by Crippen LogP contribution is -2.44. The van der Waals surface area contributed by atoms with Gasteiger partial charge in [0.15, 0.2) is 0 Å². The maximum atomic E-state index is 14.0. The first-order chi connectivity index (χ1) is 21.2. The zero-order valence-electron chi connectivity index (χ0n) is 24.2. The van der Waals surface area contributed by atoms with Crippen LogP contribution in [0.1, 0.15) is 6.42 Å². The molecule has 12 heteroatoms. The Balaban J connectivity index is 1.09. The minimum Gasteiger partial charge on any atom is -0.347 e. The molecular weight excluding hydrogens is 584 g/mol. The van der Waals surface area contributed by atoms with Crippen LogP contribution >= 0.6 is 0 Å². The van der Waals surface area contributed by atoms with Gasteiger partial charge in [-0.05, 0) is 74.6 Å². The van der Waals surface area contributed by atoms with Crippen LogP contribution in [0.5, 0.6) is 0 Å². The van der Waals surface area contributed by atoms with Crippen molar-refractivity contribution in [3.05, 3.63) is 97.0 Å². The number of halogens is 2. The van der Waals surface area contributed by atoms with E-state index in [-0.39, 0.29) is 5.69 Å². The van der Waals surface area contributed by atoms with Gasteiger partial charge in [0.1, 0.15) is 28.7 Å². The van der Waals surface area contributed by atoms with Gasteiger partial charge in [0, 0.05) is 78.9 Å². The molecular formula is C32H33F2N7O2S. The quantitative estimate of drug-likeness (QED) is 0.212. The highest BCUT2D eigenvalue weighted by Crippen LogP contribution is 2.27. The third kappa shape index (κ3) is 6.88. The molecule has 228 valence electrons. The molecule has 1 saturated heterocycles. The van der Waals surface area contributed by atoms with Crippen molar-refractivity contribution in [1.29, 1.82) is 0 Å². The highest BCUT2D eigenvalue weighted by molar-refractivity contribution is 7.92. The average molecular weight is 618 g/mol. The molecule has 1 aliphatic heterocycles. The van der Waals surface area contributed by atoms with Crippen molar-refractivity contribution in [2.75, 3.05) is 49.8 Å². The molecule has 0 saturated carbocycles. The summed E-state index contributed by atoms with van der Waals surface area (Å²) in [5.41, 5.74) is 3.81. The number of nitrogens with zero attached hydrogens (tertiary/aromatic N) is 5. The monoisotopic (exact) mass is 617 g/mol. The number of aromatic nitrogens is 3. The third-order valence-corrected chi connectivity index (χ3v) is 9.21. The first kappa shape index (κ1) is 29.7. The van der Waals surface area contributed by atoms with E-state index in [0.717, 1.165) is 74.5 Å². The third-order valence-electron chi connectivity index (χ3n) is 7.80. The molecule has 1 aliphatic rings. The van der Waals surface area contributed by atoms with Crippen LogP contribution in [-0.2, 0) is 16.6 Å². The second-order valence-electron chi connectivity index (χ2n) is 11.0. The van der Waals surface area contributed by atoms with Gasteiger partial charge >= 0.3 is 0 Å². The van der Waals surface area contributed by atoms with Gasteiger partial charge < -0.3 is 19.7 Å². The maximum Gasteiger partial charge on any atom is 0.264 e. The Labute approximate surface area is 255 Å². The number of fused-ring (bicyclic) bond motifs is 1. The van der Waals surface area contributed by atoms with Crippen molar-refractivity contribution in [3.63, 3.8) is 0 Å². The lowest BCUT2D eigenvalue weighted by atomic mass is 10.1. The van der Waals surface area contributed by atoms with Crippen LogP contribution in [-0.4, -0.2) is 72.5 Å². The molecule has 2 aromatic heterocycles. The fourth-order valence-corrected chi connectivity index (χ4v) is 6.47. The van der Waals surface area contributed by atoms with Crippen LogP contribution in [0.2, 0.25) is 0 Å². The van der Waals surface area contributed by atoms with E-state index in [0.29, 0.717) is 17.6 Å². The topological polar surface area (TPSA) is 95.4 Å². The van der Waals surface area contributed by atoms with Gasteiger partial charge in [-0.3, -0.25) is 4.72 Å². The molecule has 0 bridgehead atoms. The van der Waals surface area contributed by atoms with Crippen molar-refractivity contribution < 1.29 is 17.2 Å². The molecule has 6 rings (SSSR count). The van der Waals surface area contributed by atoms with Gasteiger partial charge in [-0.25, -0.2) is 27.2 Å². The van der Waals surface area contributed by atoms with Crippen molar-refractivity contribution in [2.45, 2.75) is 17.9 Å². The SMILES string of the molecule is CN1CCN(CCCn2ccc3cc(-c4cc(Nc5ccc(NS(=O)(=O)c6ccc(F)cc6F)cc5)ncn4)ccc32)CC1. The minimum absolute atomic E-state index is 0.224. The van der Waals surface area contributed by atoms with E-state index < -0.39 is 26.6 Å². The predicted octanol–water partition coefficient (Wildman–Crippen LogP) is 5.56. The fourth-order valence-electron chi connectivity index (χ4n) is 5.35. The Morgan fingerprint density at radius 2 is 1.61 bits per heavy atom. The summed E-state index contributed by atoms with van der Waals surface area (Å²) < 4.78 is 57.0. The van der Waals surface area contributed by atoms with E-state index in [2.05, 4.69) is 71.9 Å². The van der Waals surface area contributed by atoms with Gasteiger partial charge in [0.25, 0.3) is 10.0 Å². The van der Waals surface area contributed by atoms with E-state index in [1.807, 2.05) is 6.07 Å². The molecule has 0 atom stereocenters. The number of sulfonamides is 1. The predicted molar refractivity (Wildman–Crippen MR) is 168 cm³/mol. The Hall–Kier alpha value is -4.39. The largest absolute Gasteiger partial charge is 0.347 e. The number of anilines is 3. The Kier molecular flexibility index (Phi) is 8.56. The van der Waals surface area contributed by atoms with E-state index >= 15 is 0 Å². The van der Waals surface area contributed by atoms with Gasteiger partial charge in [-0.1, -0.05) is 6.07 Å². The van der Waals surface area contributed by atoms with E-state index in [1.165, 1.54) is 24.0 Å². The smallest absolute Gasteiger partial charge is 0.264 e. The molecule has 44 heavy (non-hydrogen) atoms. The number of benzene rings is 3. The average Bonchev–Trinajstić information content (AvgIpc) is 3.41. The summed E-state index contributed by atoms with van der Waals surface area (Å²) in [6, 6.07) is 19.0. The summed E-state index contributed by atoms with van der Waals surface area (Å²) in [6.07, 6.45) is 4.74. The van der Waals surface area contributed by atoms with Crippen molar-refractivity contribution in [2.24, 2.45) is 0 Å². The summed E-state index contributed by atoms with van der Waals surface area (Å²) in [6.45, 7) is 6.62. The standard InChI is InChI=1S/C32H33F2N7O2S/c1-39-15-17-40(18-16-39)12-2-13-41-14-11-24-19-23(3-9-30(24)41)29-21-32(36-22-35-29)37-26-5-7-27(8-6-26)38-44(42,43)31-10-4-25(33)20-28(31)34/h3-11,14,19-22,38H,2,12-13,15-18H2,1H3,(H,35,36,37). The molecule has 5 aromatic rings. The van der Waals surface area contributed by atoms with Crippen LogP contribution in [0, 0.1) is 11.6 Å². The van der Waals surface area contributed by atoms with Crippen LogP contribution in [0.15, 0.2) is 90.2 Å². The van der Waals surface area contributed by atoms with Gasteiger partial charge in [-0.15, -0.1) is 0 Å². The second kappa shape index (κ2) is 12.7. The molecule has 1 fully saturated rings. The Bertz CT molecular complexity index is 1870. The lowest BCUT2D eigenvalue weighted by molar-refractivity contribution is 0.151. The maximum absolute atomic E-state index is 14.0. The van der Waals surface area contributed by atoms with E-state index in [4.69, 9.17) is 0 Å². The lowest BCUT2D eigenvalue weighted by Gasteiger charge is -2.32. The first-order valence-corrected chi connectivity index (χ1v) is 15.9. The minimum atomic E-state index is -4.23. The summed E-state index contributed by atoms with van der Waals surface area (Å²) in [4.78, 5) is 13.1. The fraction of sp³-hybridized carbons (Fsp3) is 0.250. The number of hydrogen-bond donors (Lipinski definition) is 2. The number of piperazine rings is 1. The highest BCUT2D eigenvalue weighted by Gasteiger charge is 2.20. The number of rotatable bonds is 10. The highest BCUT2D eigenvalue weighted by atomic mass is 32.2. The number of likely N-dealkylation sites (N-methyl/N-ethyl adjacent to an activating group) is 1. The van der Waals surface area contributed by atoms with E-state index in [9.17, 15) is 17.2 Å². The molecule has 9 nitrogen and oxygen atoms in total. The van der Waals surface area contributed by atoms with Gasteiger partial charge in [-0.2, -0.15) is 0 Å². The zero-order chi connectivity index (χ0) is 30.7. The Morgan fingerprint density at radius 3 is 2.39 bits per heavy atom. The summed E-state index contributed by atoms with van der Waals surface area (Å²) in [7, 11) is -2.05. The number of aryl methyl sites for hydroxylation is 1. The Morgan fingerprint density at radius 1 is 0.841 bits per heavy atom. The summed E-state index contributed by atoms with van der Waals surface area (Å²) in [5.74, 6) is -1.45. The van der Waals surface area contributed by atoms with E-state index in [1.54, 1.807) is 12.1 Å². The summed E-state index contributed by atoms with van der Waals surface area (Å²) >= 11 is 0. The molecule has 2 N–H and O–H groups in total. The molecule has 0 amide bonds. The molecule has 0 radical (unpaired) electrons. The summed E-state index contributed by atoms with van der Waals surface area (Å²) in [5, 5.41) is 4.35. The van der Waals surface area contributed by atoms with Crippen molar-refractivity contribution in [3.8, 4) is 11.3 Å². The molecule has 0 spiro atoms. The van der Waals surface area contributed by atoms with Crippen LogP contribution in [0.25, 0.3) is 22.2 Å². The number of hydrogen-bond acceptors (Lipinski definition) is 7. The van der Waals surface area contributed by atoms with Crippen molar-refractivity contribution >= 4 is 38.1 Å².